The molecule has 0 aliphatic carbocycles. The minimum atomic E-state index is -0.0882. The molecule has 0 heterocycles. The van der Waals surface area contributed by atoms with Gasteiger partial charge in [0.1, 0.15) is 0 Å². The number of rotatable bonds is 60. The molecule has 0 rings (SSSR count). The summed E-state index contributed by atoms with van der Waals surface area (Å²) in [7, 11) is 0. The third kappa shape index (κ3) is 113. The molecule has 0 aromatic heterocycles. The fourth-order valence-corrected chi connectivity index (χ4v) is 9.14. The molecule has 15 heteroatoms. The quantitative estimate of drug-likeness (QED) is 0.0145. The van der Waals surface area contributed by atoms with Crippen molar-refractivity contribution < 1.29 is 38.1 Å². The van der Waals surface area contributed by atoms with Gasteiger partial charge in [-0.05, 0) is 103 Å². The zero-order valence-corrected chi connectivity index (χ0v) is 66.6. The van der Waals surface area contributed by atoms with E-state index >= 15 is 0 Å². The van der Waals surface area contributed by atoms with E-state index in [9.17, 15) is 19.2 Å². The summed E-state index contributed by atoms with van der Waals surface area (Å²) in [4.78, 5) is 44.9. The number of unbranched alkanes of at least 4 members (excludes halogenated alkanes) is 36. The number of hydrogen-bond donors (Lipinski definition) is 0. The Morgan fingerprint density at radius 3 is 0.528 bits per heavy atom. The Labute approximate surface area is 617 Å². The van der Waals surface area contributed by atoms with E-state index in [2.05, 4.69) is 76.3 Å². The Morgan fingerprint density at radius 2 is 0.382 bits per heavy atom. The van der Waals surface area contributed by atoms with Gasteiger partial charge in [0.2, 0.25) is 0 Å². The molecule has 8 nitrogen and oxygen atoms in total. The van der Waals surface area contributed by atoms with Crippen LogP contribution in [0.3, 0.4) is 0 Å². The Balaban J connectivity index is -0.000000134. The maximum atomic E-state index is 11.2. The molecule has 0 unspecified atom stereocenters. The van der Waals surface area contributed by atoms with Gasteiger partial charge in [0, 0.05) is 25.7 Å². The first-order chi connectivity index (χ1) is 41.2. The Bertz CT molecular complexity index is 1230. The van der Waals surface area contributed by atoms with Crippen LogP contribution in [0.25, 0.3) is 0 Å². The molecular weight excluding hydrogens is 1410 g/mol. The summed E-state index contributed by atoms with van der Waals surface area (Å²) in [5.41, 5.74) is 0. The molecule has 0 saturated carbocycles. The zero-order chi connectivity index (χ0) is 62.4. The van der Waals surface area contributed by atoms with Crippen molar-refractivity contribution in [2.75, 3.05) is 49.4 Å². The largest absolute Gasteiger partial charge is 2.00 e. The number of esters is 4. The van der Waals surface area contributed by atoms with Crippen LogP contribution in [-0.4, -0.2) is 121 Å². The number of carbonyl (C=O) groups is 4. The summed E-state index contributed by atoms with van der Waals surface area (Å²) in [6, 6.07) is 0. The third-order valence-corrected chi connectivity index (χ3v) is 14.6. The molecule has 0 fully saturated rings. The topological polar surface area (TPSA) is 105 Å². The standard InChI is InChI=1S/4C18H34O2S.2CH4.H2S.2Sn/c4*1-2-3-4-5-6-7-8-9-10-11-12-13-14-15-18(19)20-16-17-21;;;;;/h4*5-6,21H,2-4,7-17H2,1H3;2*1H4;1H2;;/q;;;;;;;2*+2/p-4/b4*6-5+;;;;;. The third-order valence-electron chi connectivity index (χ3n) is 14.0. The molecule has 524 valence electrons. The maximum Gasteiger partial charge on any atom is 2.00 e. The zero-order valence-electron chi connectivity index (χ0n) is 56.6. The van der Waals surface area contributed by atoms with Crippen molar-refractivity contribution >= 4 is 136 Å². The normalized spacial score (nSPS) is 10.5. The van der Waals surface area contributed by atoms with Crippen LogP contribution in [0, 0.1) is 0 Å². The van der Waals surface area contributed by atoms with Gasteiger partial charge >= 0.3 is 71.7 Å². The van der Waals surface area contributed by atoms with Gasteiger partial charge in [-0.15, -0.1) is 23.0 Å². The molecule has 0 atom stereocenters. The van der Waals surface area contributed by atoms with Gasteiger partial charge in [0.15, 0.2) is 0 Å². The molecule has 0 bridgehead atoms. The number of allylic oxidation sites excluding steroid dienone is 8. The predicted octanol–water partition coefficient (Wildman–Crippen LogP) is 22.0. The van der Waals surface area contributed by atoms with Crippen molar-refractivity contribution in [3.05, 3.63) is 48.6 Å². The second-order valence-electron chi connectivity index (χ2n) is 22.2. The van der Waals surface area contributed by atoms with Gasteiger partial charge in [0.25, 0.3) is 0 Å². The first kappa shape index (κ1) is 108. The van der Waals surface area contributed by atoms with Crippen LogP contribution in [0.4, 0.5) is 0 Å². The van der Waals surface area contributed by atoms with Crippen LogP contribution in [-0.2, 0) is 88.6 Å². The Kier molecular flexibility index (Phi) is 126. The summed E-state index contributed by atoms with van der Waals surface area (Å²) >= 11 is 18.9. The van der Waals surface area contributed by atoms with E-state index in [1.165, 1.54) is 231 Å². The van der Waals surface area contributed by atoms with E-state index in [1.807, 2.05) is 0 Å². The molecule has 0 amide bonds. The van der Waals surface area contributed by atoms with Crippen molar-refractivity contribution in [2.24, 2.45) is 0 Å². The summed E-state index contributed by atoms with van der Waals surface area (Å²) in [6.07, 6.45) is 75.6. The molecular formula is C74H142O8S5Sn2. The molecule has 0 aromatic rings. The van der Waals surface area contributed by atoms with Crippen molar-refractivity contribution in [1.29, 1.82) is 0 Å². The smallest absolute Gasteiger partial charge is 0.789 e. The van der Waals surface area contributed by atoms with Crippen molar-refractivity contribution in [1.82, 2.24) is 0 Å². The monoisotopic (exact) mass is 1560 g/mol. The average Bonchev–Trinajstić information content (AvgIpc) is 3.50. The van der Waals surface area contributed by atoms with E-state index in [-0.39, 0.29) is 100 Å². The molecule has 0 aliphatic rings. The SMILES string of the molecule is C.C.CCCC/C=C/CCCCCCCCCC(=O)OCC[S-].CCCC/C=C/CCCCCCCCCC(=O)OCC[S-].CCCC/C=C/CCCCCCCCCC(=O)OCC[S-].CCCC/C=C/CCCCCCCCCC(=O)OCC[S-].S.[Sn+2].[Sn+2]. The van der Waals surface area contributed by atoms with E-state index in [1.54, 1.807) is 0 Å². The number of carbonyl (C=O) groups excluding carboxylic acids is 4. The minimum Gasteiger partial charge on any atom is -0.789 e. The van der Waals surface area contributed by atoms with Crippen LogP contribution in [0.1, 0.15) is 351 Å². The van der Waals surface area contributed by atoms with Gasteiger partial charge in [-0.2, -0.15) is 13.5 Å². The van der Waals surface area contributed by atoms with Crippen LogP contribution < -0.4 is 0 Å². The fraction of sp³-hybridized carbons (Fsp3) is 0.838. The summed E-state index contributed by atoms with van der Waals surface area (Å²) in [5.74, 6) is 1.65. The Hall–Kier alpha value is 0.187. The summed E-state index contributed by atoms with van der Waals surface area (Å²) in [5, 5.41) is 0. The predicted molar refractivity (Wildman–Crippen MR) is 409 cm³/mol. The summed E-state index contributed by atoms with van der Waals surface area (Å²) < 4.78 is 19.8. The van der Waals surface area contributed by atoms with Gasteiger partial charge < -0.3 is 69.5 Å². The van der Waals surface area contributed by atoms with Crippen molar-refractivity contribution in [3.63, 3.8) is 0 Å². The molecule has 0 saturated heterocycles. The molecule has 0 N–H and O–H groups in total. The van der Waals surface area contributed by atoms with Gasteiger partial charge in [0.05, 0.1) is 26.4 Å². The number of hydrogen-bond acceptors (Lipinski definition) is 12. The van der Waals surface area contributed by atoms with Crippen LogP contribution in [0.15, 0.2) is 48.6 Å². The molecule has 0 aromatic carbocycles. The van der Waals surface area contributed by atoms with Crippen molar-refractivity contribution in [3.8, 4) is 0 Å². The second-order valence-corrected chi connectivity index (χ2v) is 23.8. The van der Waals surface area contributed by atoms with E-state index in [4.69, 9.17) is 69.5 Å². The first-order valence-corrected chi connectivity index (χ1v) is 37.1. The van der Waals surface area contributed by atoms with Crippen LogP contribution in [0.2, 0.25) is 0 Å². The fourth-order valence-electron chi connectivity index (χ4n) is 8.80. The van der Waals surface area contributed by atoms with Crippen LogP contribution in [0.5, 0.6) is 0 Å². The van der Waals surface area contributed by atoms with Crippen LogP contribution >= 0.6 is 13.5 Å². The van der Waals surface area contributed by atoms with E-state index in [0.29, 0.717) is 75.1 Å². The van der Waals surface area contributed by atoms with Gasteiger partial charge in [-0.25, -0.2) is 0 Å². The molecule has 89 heavy (non-hydrogen) atoms. The van der Waals surface area contributed by atoms with Crippen molar-refractivity contribution in [2.45, 2.75) is 351 Å². The van der Waals surface area contributed by atoms with E-state index < -0.39 is 0 Å². The maximum absolute atomic E-state index is 11.2. The van der Waals surface area contributed by atoms with Gasteiger partial charge in [-0.1, -0.05) is 271 Å². The second kappa shape index (κ2) is 104. The average molecular weight is 1560 g/mol. The molecule has 0 spiro atoms. The van der Waals surface area contributed by atoms with Gasteiger partial charge in [-0.3, -0.25) is 19.2 Å². The molecule has 0 aliphatic heterocycles. The summed E-state index contributed by atoms with van der Waals surface area (Å²) in [6.45, 7) is 10.5. The molecule has 4 radical (unpaired) electrons. The Morgan fingerprint density at radius 1 is 0.247 bits per heavy atom. The van der Waals surface area contributed by atoms with E-state index in [0.717, 1.165) is 51.4 Å². The minimum absolute atomic E-state index is 0. The first-order valence-electron chi connectivity index (χ1n) is 34.8. The number of ether oxygens (including phenoxy) is 4.